The molecule has 0 spiro atoms. The summed E-state index contributed by atoms with van der Waals surface area (Å²) in [7, 11) is 0. The van der Waals surface area contributed by atoms with Crippen molar-refractivity contribution in [1.82, 2.24) is 4.90 Å². The van der Waals surface area contributed by atoms with Gasteiger partial charge in [-0.05, 0) is 12.8 Å². The average Bonchev–Trinajstić information content (AvgIpc) is 2.57. The lowest BCUT2D eigenvalue weighted by atomic mass is 10.2. The number of oxime groups is 1. The van der Waals surface area contributed by atoms with E-state index in [1.807, 2.05) is 0 Å². The number of amides is 1. The SMILES string of the molecule is NC(CC(=O)N1CC2CCC(C1)O2)=NO. The van der Waals surface area contributed by atoms with Crippen molar-refractivity contribution < 1.29 is 14.7 Å². The molecule has 2 rings (SSSR count). The number of nitrogens with two attached hydrogens (primary N) is 1. The molecular weight excluding hydrogens is 198 g/mol. The van der Waals surface area contributed by atoms with Crippen LogP contribution in [0.15, 0.2) is 5.16 Å². The predicted molar refractivity (Wildman–Crippen MR) is 52.5 cm³/mol. The molecule has 15 heavy (non-hydrogen) atoms. The van der Waals surface area contributed by atoms with Crippen molar-refractivity contribution in [1.29, 1.82) is 0 Å². The first-order valence-electron chi connectivity index (χ1n) is 5.08. The largest absolute Gasteiger partial charge is 0.409 e. The zero-order chi connectivity index (χ0) is 10.8. The van der Waals surface area contributed by atoms with Crippen molar-refractivity contribution in [2.24, 2.45) is 10.9 Å². The van der Waals surface area contributed by atoms with Crippen molar-refractivity contribution in [3.63, 3.8) is 0 Å². The van der Waals surface area contributed by atoms with Gasteiger partial charge in [-0.2, -0.15) is 0 Å². The number of hydrogen-bond donors (Lipinski definition) is 2. The summed E-state index contributed by atoms with van der Waals surface area (Å²) in [4.78, 5) is 13.4. The van der Waals surface area contributed by atoms with E-state index in [0.29, 0.717) is 13.1 Å². The highest BCUT2D eigenvalue weighted by molar-refractivity contribution is 5.98. The van der Waals surface area contributed by atoms with E-state index in [1.54, 1.807) is 4.90 Å². The van der Waals surface area contributed by atoms with Crippen molar-refractivity contribution in [2.45, 2.75) is 31.5 Å². The standard InChI is InChI=1S/C9H15N3O3/c10-8(11-14)3-9(13)12-4-6-1-2-7(5-12)15-6/h6-7,14H,1-5H2,(H2,10,11). The van der Waals surface area contributed by atoms with Crippen molar-refractivity contribution in [3.8, 4) is 0 Å². The minimum Gasteiger partial charge on any atom is -0.409 e. The Kier molecular flexibility index (Phi) is 2.77. The Balaban J connectivity index is 1.91. The van der Waals surface area contributed by atoms with Crippen LogP contribution in [0.4, 0.5) is 0 Å². The van der Waals surface area contributed by atoms with Gasteiger partial charge < -0.3 is 20.6 Å². The Morgan fingerprint density at radius 3 is 2.60 bits per heavy atom. The third-order valence-electron chi connectivity index (χ3n) is 2.86. The normalized spacial score (nSPS) is 30.7. The van der Waals surface area contributed by atoms with E-state index in [2.05, 4.69) is 5.16 Å². The molecule has 2 fully saturated rings. The van der Waals surface area contributed by atoms with E-state index in [1.165, 1.54) is 0 Å². The molecule has 2 saturated heterocycles. The molecule has 0 aliphatic carbocycles. The number of amidine groups is 1. The van der Waals surface area contributed by atoms with E-state index in [4.69, 9.17) is 15.7 Å². The third-order valence-corrected chi connectivity index (χ3v) is 2.86. The maximum absolute atomic E-state index is 11.7. The van der Waals surface area contributed by atoms with Crippen LogP contribution in [-0.2, 0) is 9.53 Å². The molecule has 84 valence electrons. The fourth-order valence-corrected chi connectivity index (χ4v) is 2.12. The molecule has 1 amide bonds. The van der Waals surface area contributed by atoms with Crippen LogP contribution in [-0.4, -0.2) is 47.1 Å². The minimum atomic E-state index is -0.0921. The van der Waals surface area contributed by atoms with Gasteiger partial charge in [-0.25, -0.2) is 0 Å². The molecule has 2 atom stereocenters. The maximum atomic E-state index is 11.7. The Morgan fingerprint density at radius 1 is 1.47 bits per heavy atom. The quantitative estimate of drug-likeness (QED) is 0.280. The van der Waals surface area contributed by atoms with Crippen LogP contribution in [0.5, 0.6) is 0 Å². The van der Waals surface area contributed by atoms with E-state index < -0.39 is 0 Å². The van der Waals surface area contributed by atoms with E-state index >= 15 is 0 Å². The highest BCUT2D eigenvalue weighted by atomic mass is 16.5. The van der Waals surface area contributed by atoms with Gasteiger partial charge in [0.25, 0.3) is 0 Å². The number of rotatable bonds is 2. The summed E-state index contributed by atoms with van der Waals surface area (Å²) in [5, 5.41) is 11.2. The molecule has 0 aromatic carbocycles. The van der Waals surface area contributed by atoms with Crippen LogP contribution in [0.25, 0.3) is 0 Å². The molecule has 2 bridgehead atoms. The van der Waals surface area contributed by atoms with E-state index in [9.17, 15) is 4.79 Å². The number of hydrogen-bond acceptors (Lipinski definition) is 4. The fourth-order valence-electron chi connectivity index (χ4n) is 2.12. The first kappa shape index (κ1) is 10.2. The van der Waals surface area contributed by atoms with Crippen LogP contribution < -0.4 is 5.73 Å². The third kappa shape index (κ3) is 2.20. The highest BCUT2D eigenvalue weighted by Crippen LogP contribution is 2.26. The van der Waals surface area contributed by atoms with Gasteiger partial charge >= 0.3 is 0 Å². The Bertz CT molecular complexity index is 280. The van der Waals surface area contributed by atoms with Gasteiger partial charge in [0.1, 0.15) is 5.84 Å². The topological polar surface area (TPSA) is 88.2 Å². The molecule has 3 N–H and O–H groups in total. The number of carbonyl (C=O) groups excluding carboxylic acids is 1. The van der Waals surface area contributed by atoms with Gasteiger partial charge in [0, 0.05) is 13.1 Å². The zero-order valence-electron chi connectivity index (χ0n) is 8.43. The smallest absolute Gasteiger partial charge is 0.230 e. The van der Waals surface area contributed by atoms with Crippen LogP contribution in [0, 0.1) is 0 Å². The van der Waals surface area contributed by atoms with Gasteiger partial charge in [-0.3, -0.25) is 4.79 Å². The molecule has 6 heteroatoms. The molecule has 2 aliphatic rings. The first-order valence-corrected chi connectivity index (χ1v) is 5.08. The summed E-state index contributed by atoms with van der Waals surface area (Å²) >= 11 is 0. The van der Waals surface area contributed by atoms with Crippen LogP contribution in [0.3, 0.4) is 0 Å². The minimum absolute atomic E-state index is 0.0179. The number of morpholine rings is 1. The summed E-state index contributed by atoms with van der Waals surface area (Å²) < 4.78 is 5.60. The van der Waals surface area contributed by atoms with Gasteiger partial charge in [-0.1, -0.05) is 5.16 Å². The Hall–Kier alpha value is -1.30. The van der Waals surface area contributed by atoms with E-state index in [-0.39, 0.29) is 30.4 Å². The van der Waals surface area contributed by atoms with Gasteiger partial charge in [-0.15, -0.1) is 0 Å². The van der Waals surface area contributed by atoms with Gasteiger partial charge in [0.15, 0.2) is 0 Å². The molecule has 2 aliphatic heterocycles. The zero-order valence-corrected chi connectivity index (χ0v) is 8.43. The van der Waals surface area contributed by atoms with Crippen LogP contribution in [0.1, 0.15) is 19.3 Å². The lowest BCUT2D eigenvalue weighted by Crippen LogP contribution is -2.46. The summed E-state index contributed by atoms with van der Waals surface area (Å²) in [6.45, 7) is 1.27. The molecular formula is C9H15N3O3. The summed E-state index contributed by atoms with van der Waals surface area (Å²) in [6.07, 6.45) is 2.39. The van der Waals surface area contributed by atoms with Crippen molar-refractivity contribution in [2.75, 3.05) is 13.1 Å². The highest BCUT2D eigenvalue weighted by Gasteiger charge is 2.35. The molecule has 2 unspecified atom stereocenters. The second kappa shape index (κ2) is 4.06. The summed E-state index contributed by atoms with van der Waals surface area (Å²) in [5.41, 5.74) is 5.29. The molecule has 2 heterocycles. The molecule has 0 aromatic rings. The second-order valence-corrected chi connectivity index (χ2v) is 4.02. The van der Waals surface area contributed by atoms with Crippen molar-refractivity contribution >= 4 is 11.7 Å². The van der Waals surface area contributed by atoms with Crippen LogP contribution >= 0.6 is 0 Å². The molecule has 0 saturated carbocycles. The molecule has 6 nitrogen and oxygen atoms in total. The number of fused-ring (bicyclic) bond motifs is 2. The lowest BCUT2D eigenvalue weighted by Gasteiger charge is -2.32. The van der Waals surface area contributed by atoms with Gasteiger partial charge in [0.2, 0.25) is 5.91 Å². The monoisotopic (exact) mass is 213 g/mol. The Labute approximate surface area is 87.7 Å². The summed E-state index contributed by atoms with van der Waals surface area (Å²) in [6, 6.07) is 0. The van der Waals surface area contributed by atoms with Crippen molar-refractivity contribution in [3.05, 3.63) is 0 Å². The van der Waals surface area contributed by atoms with E-state index in [0.717, 1.165) is 12.8 Å². The maximum Gasteiger partial charge on any atom is 0.230 e. The lowest BCUT2D eigenvalue weighted by molar-refractivity contribution is -0.138. The first-order chi connectivity index (χ1) is 7.19. The average molecular weight is 213 g/mol. The number of nitrogens with zero attached hydrogens (tertiary/aromatic N) is 2. The fraction of sp³-hybridized carbons (Fsp3) is 0.778. The summed E-state index contributed by atoms with van der Waals surface area (Å²) in [5.74, 6) is -0.135. The van der Waals surface area contributed by atoms with Crippen LogP contribution in [0.2, 0.25) is 0 Å². The number of likely N-dealkylation sites (tertiary alicyclic amines) is 1. The number of ether oxygens (including phenoxy) is 1. The molecule has 0 radical (unpaired) electrons. The number of carbonyl (C=O) groups is 1. The second-order valence-electron chi connectivity index (χ2n) is 4.02. The Morgan fingerprint density at radius 2 is 2.07 bits per heavy atom. The molecule has 0 aromatic heterocycles. The predicted octanol–water partition coefficient (Wildman–Crippen LogP) is -0.487. The van der Waals surface area contributed by atoms with Gasteiger partial charge in [0.05, 0.1) is 18.6 Å².